The minimum absolute atomic E-state index is 0.107. The molecule has 0 unspecified atom stereocenters. The van der Waals surface area contributed by atoms with E-state index >= 15 is 0 Å². The van der Waals surface area contributed by atoms with E-state index in [4.69, 9.17) is 0 Å². The molecule has 0 atom stereocenters. The molecular formula is C8H8BrN3OS. The third kappa shape index (κ3) is 1.72. The van der Waals surface area contributed by atoms with Crippen LogP contribution in [0.1, 0.15) is 10.7 Å². The maximum absolute atomic E-state index is 11.5. The summed E-state index contributed by atoms with van der Waals surface area (Å²) in [6, 6.07) is 1.49. The van der Waals surface area contributed by atoms with Crippen LogP contribution in [-0.4, -0.2) is 19.9 Å². The zero-order valence-electron chi connectivity index (χ0n) is 7.53. The van der Waals surface area contributed by atoms with Gasteiger partial charge >= 0.3 is 0 Å². The molecule has 0 amide bonds. The Bertz CT molecular complexity index is 519. The summed E-state index contributed by atoms with van der Waals surface area (Å²) in [5, 5.41) is 5.95. The topological polar surface area (TPSA) is 47.3 Å². The molecule has 0 aliphatic rings. The lowest BCUT2D eigenvalue weighted by Crippen LogP contribution is -2.14. The van der Waals surface area contributed by atoms with Gasteiger partial charge in [0.1, 0.15) is 5.01 Å². The molecular weight excluding hydrogens is 266 g/mol. The Morgan fingerprint density at radius 2 is 2.43 bits per heavy atom. The molecule has 0 aliphatic carbocycles. The van der Waals surface area contributed by atoms with E-state index in [1.54, 1.807) is 0 Å². The van der Waals surface area contributed by atoms with Crippen molar-refractivity contribution in [3.05, 3.63) is 27.1 Å². The normalized spacial score (nSPS) is 11.0. The first kappa shape index (κ1) is 9.79. The summed E-state index contributed by atoms with van der Waals surface area (Å²) in [7, 11) is 0. The fourth-order valence-corrected chi connectivity index (χ4v) is 2.72. The van der Waals surface area contributed by atoms with Crippen LogP contribution in [-0.2, 0) is 6.42 Å². The second kappa shape index (κ2) is 3.78. The van der Waals surface area contributed by atoms with Gasteiger partial charge in [-0.15, -0.1) is 0 Å². The molecule has 2 rings (SSSR count). The van der Waals surface area contributed by atoms with Gasteiger partial charge in [0.15, 0.2) is 0 Å². The molecule has 74 valence electrons. The molecule has 2 aromatic rings. The van der Waals surface area contributed by atoms with Gasteiger partial charge in [0, 0.05) is 23.5 Å². The minimum Gasteiger partial charge on any atom is -0.267 e. The van der Waals surface area contributed by atoms with Crippen LogP contribution >= 0.6 is 27.3 Å². The van der Waals surface area contributed by atoms with E-state index in [0.29, 0.717) is 4.96 Å². The van der Waals surface area contributed by atoms with Crippen LogP contribution in [0.25, 0.3) is 4.96 Å². The lowest BCUT2D eigenvalue weighted by molar-refractivity contribution is 0.856. The van der Waals surface area contributed by atoms with Crippen LogP contribution in [0, 0.1) is 6.92 Å². The predicted molar refractivity (Wildman–Crippen MR) is 59.4 cm³/mol. The van der Waals surface area contributed by atoms with Gasteiger partial charge in [0.2, 0.25) is 4.96 Å². The SMILES string of the molecule is Cc1cc(=O)n2nc(CCBr)sc2n1. The number of aryl methyl sites for hydroxylation is 2. The number of aromatic nitrogens is 3. The zero-order valence-corrected chi connectivity index (χ0v) is 9.93. The third-order valence-corrected chi connectivity index (χ3v) is 3.09. The maximum Gasteiger partial charge on any atom is 0.275 e. The van der Waals surface area contributed by atoms with Crippen molar-refractivity contribution in [2.75, 3.05) is 5.33 Å². The molecule has 0 aromatic carbocycles. The smallest absolute Gasteiger partial charge is 0.267 e. The summed E-state index contributed by atoms with van der Waals surface area (Å²) in [5.74, 6) is 0. The standard InChI is InChI=1S/C8H8BrN3OS/c1-5-4-7(13)12-8(10-5)14-6(11-12)2-3-9/h4H,2-3H2,1H3. The lowest BCUT2D eigenvalue weighted by atomic mass is 10.5. The van der Waals surface area contributed by atoms with E-state index in [-0.39, 0.29) is 5.56 Å². The van der Waals surface area contributed by atoms with Crippen LogP contribution in [0.5, 0.6) is 0 Å². The summed E-state index contributed by atoms with van der Waals surface area (Å²) in [5.41, 5.74) is 0.633. The molecule has 14 heavy (non-hydrogen) atoms. The van der Waals surface area contributed by atoms with E-state index in [9.17, 15) is 4.79 Å². The number of halogens is 1. The zero-order chi connectivity index (χ0) is 10.1. The second-order valence-corrected chi connectivity index (χ2v) is 4.70. The van der Waals surface area contributed by atoms with Crippen molar-refractivity contribution in [1.82, 2.24) is 14.6 Å². The van der Waals surface area contributed by atoms with Gasteiger partial charge in [-0.05, 0) is 6.92 Å². The largest absolute Gasteiger partial charge is 0.275 e. The molecule has 0 radical (unpaired) electrons. The van der Waals surface area contributed by atoms with Crippen molar-refractivity contribution in [3.8, 4) is 0 Å². The Balaban J connectivity index is 2.65. The summed E-state index contributed by atoms with van der Waals surface area (Å²) in [6.07, 6.45) is 0.826. The fourth-order valence-electron chi connectivity index (χ4n) is 1.14. The third-order valence-electron chi connectivity index (χ3n) is 1.72. The second-order valence-electron chi connectivity index (χ2n) is 2.86. The monoisotopic (exact) mass is 273 g/mol. The van der Waals surface area contributed by atoms with Crippen molar-refractivity contribution in [3.63, 3.8) is 0 Å². The number of rotatable bonds is 2. The Morgan fingerprint density at radius 3 is 3.14 bits per heavy atom. The molecule has 2 aromatic heterocycles. The quantitative estimate of drug-likeness (QED) is 0.778. The van der Waals surface area contributed by atoms with Gasteiger partial charge in [-0.3, -0.25) is 4.79 Å². The van der Waals surface area contributed by atoms with E-state index in [1.807, 2.05) is 6.92 Å². The average molecular weight is 274 g/mol. The van der Waals surface area contributed by atoms with Crippen LogP contribution < -0.4 is 5.56 Å². The minimum atomic E-state index is -0.107. The Kier molecular flexibility index (Phi) is 2.64. The van der Waals surface area contributed by atoms with Crippen molar-refractivity contribution in [2.45, 2.75) is 13.3 Å². The molecule has 0 saturated heterocycles. The van der Waals surface area contributed by atoms with Gasteiger partial charge < -0.3 is 0 Å². The van der Waals surface area contributed by atoms with Crippen LogP contribution in [0.15, 0.2) is 10.9 Å². The lowest BCUT2D eigenvalue weighted by Gasteiger charge is -1.89. The van der Waals surface area contributed by atoms with E-state index in [0.717, 1.165) is 22.5 Å². The van der Waals surface area contributed by atoms with Crippen molar-refractivity contribution in [1.29, 1.82) is 0 Å². The summed E-state index contributed by atoms with van der Waals surface area (Å²) in [4.78, 5) is 16.4. The maximum atomic E-state index is 11.5. The summed E-state index contributed by atoms with van der Waals surface area (Å²) < 4.78 is 1.36. The van der Waals surface area contributed by atoms with Gasteiger partial charge in [0.25, 0.3) is 5.56 Å². The first-order chi connectivity index (χ1) is 6.70. The number of hydrogen-bond acceptors (Lipinski definition) is 4. The van der Waals surface area contributed by atoms with Crippen LogP contribution in [0.3, 0.4) is 0 Å². The number of hydrogen-bond donors (Lipinski definition) is 0. The van der Waals surface area contributed by atoms with E-state index < -0.39 is 0 Å². The van der Waals surface area contributed by atoms with Gasteiger partial charge in [-0.2, -0.15) is 9.61 Å². The predicted octanol–water partition coefficient (Wildman–Crippen LogP) is 1.40. The number of fused-ring (bicyclic) bond motifs is 1. The molecule has 0 spiro atoms. The molecule has 0 bridgehead atoms. The summed E-state index contributed by atoms with van der Waals surface area (Å²) in [6.45, 7) is 1.81. The van der Waals surface area contributed by atoms with Gasteiger partial charge in [0.05, 0.1) is 0 Å². The number of nitrogens with zero attached hydrogens (tertiary/aromatic N) is 3. The van der Waals surface area contributed by atoms with Gasteiger partial charge in [-0.25, -0.2) is 4.98 Å². The first-order valence-electron chi connectivity index (χ1n) is 4.13. The highest BCUT2D eigenvalue weighted by Gasteiger charge is 2.06. The highest BCUT2D eigenvalue weighted by Crippen LogP contribution is 2.12. The molecule has 2 heterocycles. The molecule has 6 heteroatoms. The molecule has 0 N–H and O–H groups in total. The highest BCUT2D eigenvalue weighted by molar-refractivity contribution is 9.09. The molecule has 0 fully saturated rings. The summed E-state index contributed by atoms with van der Waals surface area (Å²) >= 11 is 4.80. The molecule has 0 aliphatic heterocycles. The first-order valence-corrected chi connectivity index (χ1v) is 6.07. The fraction of sp³-hybridized carbons (Fsp3) is 0.375. The van der Waals surface area contributed by atoms with Crippen molar-refractivity contribution >= 4 is 32.2 Å². The highest BCUT2D eigenvalue weighted by atomic mass is 79.9. The Morgan fingerprint density at radius 1 is 1.64 bits per heavy atom. The van der Waals surface area contributed by atoms with Crippen molar-refractivity contribution < 1.29 is 0 Å². The van der Waals surface area contributed by atoms with Crippen LogP contribution in [0.2, 0.25) is 0 Å². The Hall–Kier alpha value is -0.750. The van der Waals surface area contributed by atoms with Crippen molar-refractivity contribution in [2.24, 2.45) is 0 Å². The molecule has 0 saturated carbocycles. The van der Waals surface area contributed by atoms with E-state index in [1.165, 1.54) is 21.9 Å². The number of alkyl halides is 1. The van der Waals surface area contributed by atoms with Gasteiger partial charge in [-0.1, -0.05) is 27.3 Å². The average Bonchev–Trinajstić information content (AvgIpc) is 2.48. The van der Waals surface area contributed by atoms with E-state index in [2.05, 4.69) is 26.0 Å². The molecule has 4 nitrogen and oxygen atoms in total. The van der Waals surface area contributed by atoms with Crippen LogP contribution in [0.4, 0.5) is 0 Å². The Labute approximate surface area is 92.7 Å².